The SMILES string of the molecule is CNC(=O)[C@H]1CCCN1C(=O)CNC(=O)c1ccc(C(=O)OC)cc1. The van der Waals surface area contributed by atoms with E-state index in [2.05, 4.69) is 15.4 Å². The van der Waals surface area contributed by atoms with Crippen molar-refractivity contribution in [3.63, 3.8) is 0 Å². The van der Waals surface area contributed by atoms with Gasteiger partial charge in [-0.15, -0.1) is 0 Å². The van der Waals surface area contributed by atoms with Gasteiger partial charge in [-0.2, -0.15) is 0 Å². The number of ether oxygens (including phenoxy) is 1. The van der Waals surface area contributed by atoms with E-state index in [1.165, 1.54) is 43.3 Å². The van der Waals surface area contributed by atoms with Crippen molar-refractivity contribution in [3.05, 3.63) is 35.4 Å². The third-order valence-corrected chi connectivity index (χ3v) is 4.09. The van der Waals surface area contributed by atoms with E-state index in [0.29, 0.717) is 24.1 Å². The van der Waals surface area contributed by atoms with Gasteiger partial charge in [-0.3, -0.25) is 14.4 Å². The molecule has 8 nitrogen and oxygen atoms in total. The van der Waals surface area contributed by atoms with Crippen molar-refractivity contribution in [1.82, 2.24) is 15.5 Å². The van der Waals surface area contributed by atoms with Crippen LogP contribution in [0.15, 0.2) is 24.3 Å². The second kappa shape index (κ2) is 8.27. The molecule has 1 aliphatic rings. The van der Waals surface area contributed by atoms with Crippen LogP contribution in [0.5, 0.6) is 0 Å². The predicted octanol–water partition coefficient (Wildman–Crippen LogP) is -0.0600. The van der Waals surface area contributed by atoms with Gasteiger partial charge in [-0.05, 0) is 37.1 Å². The fourth-order valence-corrected chi connectivity index (χ4v) is 2.74. The number of hydrogen-bond donors (Lipinski definition) is 2. The fourth-order valence-electron chi connectivity index (χ4n) is 2.74. The number of likely N-dealkylation sites (N-methyl/N-ethyl adjacent to an activating group) is 1. The maximum Gasteiger partial charge on any atom is 0.337 e. The van der Waals surface area contributed by atoms with Crippen molar-refractivity contribution >= 4 is 23.7 Å². The van der Waals surface area contributed by atoms with Crippen LogP contribution in [-0.4, -0.2) is 61.9 Å². The number of nitrogens with zero attached hydrogens (tertiary/aromatic N) is 1. The lowest BCUT2D eigenvalue weighted by molar-refractivity contribution is -0.137. The Labute approximate surface area is 145 Å². The maximum absolute atomic E-state index is 12.3. The first-order valence-corrected chi connectivity index (χ1v) is 7.95. The summed E-state index contributed by atoms with van der Waals surface area (Å²) in [5.41, 5.74) is 0.658. The molecule has 25 heavy (non-hydrogen) atoms. The van der Waals surface area contributed by atoms with Gasteiger partial charge in [0.05, 0.1) is 19.2 Å². The topological polar surface area (TPSA) is 105 Å². The Morgan fingerprint density at radius 3 is 2.40 bits per heavy atom. The first-order valence-electron chi connectivity index (χ1n) is 7.95. The number of rotatable bonds is 5. The second-order valence-electron chi connectivity index (χ2n) is 5.61. The summed E-state index contributed by atoms with van der Waals surface area (Å²) >= 11 is 0. The second-order valence-corrected chi connectivity index (χ2v) is 5.61. The highest BCUT2D eigenvalue weighted by Crippen LogP contribution is 2.17. The summed E-state index contributed by atoms with van der Waals surface area (Å²) in [6, 6.07) is 5.44. The smallest absolute Gasteiger partial charge is 0.337 e. The molecule has 2 rings (SSSR count). The summed E-state index contributed by atoms with van der Waals surface area (Å²) in [6.07, 6.45) is 1.38. The van der Waals surface area contributed by atoms with E-state index in [1.54, 1.807) is 0 Å². The van der Waals surface area contributed by atoms with Gasteiger partial charge >= 0.3 is 5.97 Å². The number of carbonyl (C=O) groups is 4. The summed E-state index contributed by atoms with van der Waals surface area (Å²) in [5, 5.41) is 5.08. The monoisotopic (exact) mass is 347 g/mol. The molecule has 1 fully saturated rings. The van der Waals surface area contributed by atoms with Crippen LogP contribution in [0.1, 0.15) is 33.6 Å². The molecule has 2 N–H and O–H groups in total. The molecular weight excluding hydrogens is 326 g/mol. The molecule has 1 heterocycles. The predicted molar refractivity (Wildman–Crippen MR) is 88.9 cm³/mol. The molecule has 0 saturated carbocycles. The average Bonchev–Trinajstić information content (AvgIpc) is 3.14. The zero-order valence-electron chi connectivity index (χ0n) is 14.2. The molecule has 0 unspecified atom stereocenters. The van der Waals surface area contributed by atoms with Crippen LogP contribution < -0.4 is 10.6 Å². The standard InChI is InChI=1S/C17H21N3O5/c1-18-16(23)13-4-3-9-20(13)14(21)10-19-15(22)11-5-7-12(8-6-11)17(24)25-2/h5-8,13H,3-4,9-10H2,1-2H3,(H,18,23)(H,19,22)/t13-/m1/s1. The molecular formula is C17H21N3O5. The minimum absolute atomic E-state index is 0.189. The van der Waals surface area contributed by atoms with E-state index in [9.17, 15) is 19.2 Å². The number of methoxy groups -OCH3 is 1. The van der Waals surface area contributed by atoms with E-state index >= 15 is 0 Å². The molecule has 1 aromatic rings. The van der Waals surface area contributed by atoms with Gasteiger partial charge in [0.15, 0.2) is 0 Å². The van der Waals surface area contributed by atoms with Crippen molar-refractivity contribution in [3.8, 4) is 0 Å². The lowest BCUT2D eigenvalue weighted by Gasteiger charge is -2.23. The molecule has 0 aromatic heterocycles. The lowest BCUT2D eigenvalue weighted by Crippen LogP contribution is -2.48. The number of likely N-dealkylation sites (tertiary alicyclic amines) is 1. The van der Waals surface area contributed by atoms with Crippen molar-refractivity contribution in [2.24, 2.45) is 0 Å². The number of hydrogen-bond acceptors (Lipinski definition) is 5. The third-order valence-electron chi connectivity index (χ3n) is 4.09. The van der Waals surface area contributed by atoms with Gasteiger partial charge in [0.25, 0.3) is 5.91 Å². The molecule has 1 atom stereocenters. The summed E-state index contributed by atoms with van der Waals surface area (Å²) in [4.78, 5) is 49.0. The Bertz CT molecular complexity index is 671. The molecule has 0 spiro atoms. The molecule has 1 aliphatic heterocycles. The minimum Gasteiger partial charge on any atom is -0.465 e. The molecule has 1 aromatic carbocycles. The Kier molecular flexibility index (Phi) is 6.10. The lowest BCUT2D eigenvalue weighted by atomic mass is 10.1. The molecule has 134 valence electrons. The third kappa shape index (κ3) is 4.34. The summed E-state index contributed by atoms with van der Waals surface area (Å²) < 4.78 is 4.59. The molecule has 1 saturated heterocycles. The summed E-state index contributed by atoms with van der Waals surface area (Å²) in [7, 11) is 2.81. The Morgan fingerprint density at radius 1 is 1.16 bits per heavy atom. The van der Waals surface area contributed by atoms with Gasteiger partial charge in [0, 0.05) is 19.2 Å². The van der Waals surface area contributed by atoms with E-state index in [1.807, 2.05) is 0 Å². The number of nitrogens with one attached hydrogen (secondary N) is 2. The molecule has 0 bridgehead atoms. The Balaban J connectivity index is 1.92. The number of benzene rings is 1. The highest BCUT2D eigenvalue weighted by molar-refractivity contribution is 5.98. The van der Waals surface area contributed by atoms with Gasteiger partial charge in [0.2, 0.25) is 11.8 Å². The normalized spacial score (nSPS) is 16.2. The van der Waals surface area contributed by atoms with Gasteiger partial charge in [-0.25, -0.2) is 4.79 Å². The minimum atomic E-state index is -0.489. The van der Waals surface area contributed by atoms with E-state index < -0.39 is 17.9 Å². The number of esters is 1. The highest BCUT2D eigenvalue weighted by Gasteiger charge is 2.33. The Morgan fingerprint density at radius 2 is 1.80 bits per heavy atom. The Hall–Kier alpha value is -2.90. The van der Waals surface area contributed by atoms with Crippen LogP contribution in [0, 0.1) is 0 Å². The van der Waals surface area contributed by atoms with E-state index in [0.717, 1.165) is 6.42 Å². The largest absolute Gasteiger partial charge is 0.465 e. The number of amides is 3. The van der Waals surface area contributed by atoms with Crippen LogP contribution in [0.2, 0.25) is 0 Å². The summed E-state index contributed by atoms with van der Waals surface area (Å²) in [6.45, 7) is 0.311. The van der Waals surface area contributed by atoms with Crippen molar-refractivity contribution in [1.29, 1.82) is 0 Å². The van der Waals surface area contributed by atoms with Crippen LogP contribution in [0.25, 0.3) is 0 Å². The van der Waals surface area contributed by atoms with Gasteiger partial charge in [0.1, 0.15) is 6.04 Å². The molecule has 0 radical (unpaired) electrons. The number of carbonyl (C=O) groups excluding carboxylic acids is 4. The van der Waals surface area contributed by atoms with Crippen LogP contribution in [0.4, 0.5) is 0 Å². The van der Waals surface area contributed by atoms with E-state index in [-0.39, 0.29) is 18.4 Å². The summed E-state index contributed by atoms with van der Waals surface area (Å²) in [5.74, 6) is -1.42. The maximum atomic E-state index is 12.3. The van der Waals surface area contributed by atoms with Crippen molar-refractivity contribution in [2.75, 3.05) is 27.2 Å². The van der Waals surface area contributed by atoms with Crippen LogP contribution >= 0.6 is 0 Å². The fraction of sp³-hybridized carbons (Fsp3) is 0.412. The highest BCUT2D eigenvalue weighted by atomic mass is 16.5. The average molecular weight is 347 g/mol. The zero-order chi connectivity index (χ0) is 18.4. The van der Waals surface area contributed by atoms with Gasteiger partial charge in [-0.1, -0.05) is 0 Å². The van der Waals surface area contributed by atoms with Crippen molar-refractivity contribution in [2.45, 2.75) is 18.9 Å². The quantitative estimate of drug-likeness (QED) is 0.726. The molecule has 3 amide bonds. The van der Waals surface area contributed by atoms with E-state index in [4.69, 9.17) is 0 Å². The first-order chi connectivity index (χ1) is 12.0. The molecule has 8 heteroatoms. The van der Waals surface area contributed by atoms with Gasteiger partial charge < -0.3 is 20.3 Å². The molecule has 0 aliphatic carbocycles. The van der Waals surface area contributed by atoms with Crippen molar-refractivity contribution < 1.29 is 23.9 Å². The zero-order valence-corrected chi connectivity index (χ0v) is 14.2. The van der Waals surface area contributed by atoms with Crippen LogP contribution in [0.3, 0.4) is 0 Å². The first kappa shape index (κ1) is 18.4. The van der Waals surface area contributed by atoms with Crippen LogP contribution in [-0.2, 0) is 14.3 Å².